The largest absolute Gasteiger partial charge is 0.325 e. The molecule has 124 valence electrons. The molecule has 0 aliphatic heterocycles. The highest BCUT2D eigenvalue weighted by Crippen LogP contribution is 2.26. The standard InChI is InChI=1S/C19H21N3OS/c1-11-6-7-16(8-12(11)2)22-18(23)10-24-19-17(9-20)14(4)13(3)15(5)21-19/h6-8H,10H2,1-5H3,(H,22,23). The van der Waals surface area contributed by atoms with Crippen LogP contribution in [0, 0.1) is 45.9 Å². The van der Waals surface area contributed by atoms with E-state index in [1.807, 2.05) is 52.8 Å². The van der Waals surface area contributed by atoms with Gasteiger partial charge in [-0.05, 0) is 69.0 Å². The normalized spacial score (nSPS) is 10.3. The molecule has 1 amide bonds. The number of pyridine rings is 1. The molecule has 0 spiro atoms. The Hall–Kier alpha value is -2.32. The number of amides is 1. The third-order valence-electron chi connectivity index (χ3n) is 4.21. The lowest BCUT2D eigenvalue weighted by atomic mass is 10.1. The van der Waals surface area contributed by atoms with Crippen molar-refractivity contribution in [1.82, 2.24) is 4.98 Å². The number of nitrogens with one attached hydrogen (secondary N) is 1. The molecule has 0 unspecified atom stereocenters. The van der Waals surface area contributed by atoms with Crippen molar-refractivity contribution in [2.24, 2.45) is 0 Å². The molecule has 1 aromatic carbocycles. The monoisotopic (exact) mass is 339 g/mol. The molecule has 1 aromatic heterocycles. The number of nitriles is 1. The molecule has 0 fully saturated rings. The quantitative estimate of drug-likeness (QED) is 0.847. The smallest absolute Gasteiger partial charge is 0.234 e. The van der Waals surface area contributed by atoms with Gasteiger partial charge in [0.25, 0.3) is 0 Å². The van der Waals surface area contributed by atoms with Crippen LogP contribution in [0.5, 0.6) is 0 Å². The summed E-state index contributed by atoms with van der Waals surface area (Å²) in [5, 5.41) is 12.9. The maximum atomic E-state index is 12.2. The van der Waals surface area contributed by atoms with Crippen LogP contribution in [0.4, 0.5) is 5.69 Å². The lowest BCUT2D eigenvalue weighted by Crippen LogP contribution is -2.14. The Morgan fingerprint density at radius 3 is 2.50 bits per heavy atom. The lowest BCUT2D eigenvalue weighted by molar-refractivity contribution is -0.113. The molecule has 0 radical (unpaired) electrons. The van der Waals surface area contributed by atoms with Crippen LogP contribution < -0.4 is 5.32 Å². The van der Waals surface area contributed by atoms with Gasteiger partial charge in [-0.2, -0.15) is 5.26 Å². The summed E-state index contributed by atoms with van der Waals surface area (Å²) in [5.41, 5.74) is 6.52. The van der Waals surface area contributed by atoms with E-state index in [0.29, 0.717) is 10.6 Å². The molecule has 1 heterocycles. The minimum absolute atomic E-state index is 0.107. The van der Waals surface area contributed by atoms with Crippen LogP contribution in [0.25, 0.3) is 0 Å². The summed E-state index contributed by atoms with van der Waals surface area (Å²) < 4.78 is 0. The highest BCUT2D eigenvalue weighted by atomic mass is 32.2. The molecular weight excluding hydrogens is 318 g/mol. The van der Waals surface area contributed by atoms with Crippen LogP contribution in [0.1, 0.15) is 33.5 Å². The molecule has 0 aliphatic rings. The van der Waals surface area contributed by atoms with Gasteiger partial charge in [0.1, 0.15) is 11.1 Å². The fourth-order valence-electron chi connectivity index (χ4n) is 2.30. The van der Waals surface area contributed by atoms with E-state index in [0.717, 1.165) is 28.1 Å². The second kappa shape index (κ2) is 7.50. The molecule has 2 rings (SSSR count). The van der Waals surface area contributed by atoms with Crippen molar-refractivity contribution in [3.63, 3.8) is 0 Å². The summed E-state index contributed by atoms with van der Waals surface area (Å²) in [6.45, 7) is 9.85. The first-order valence-electron chi connectivity index (χ1n) is 7.71. The summed E-state index contributed by atoms with van der Waals surface area (Å²) in [7, 11) is 0. The maximum absolute atomic E-state index is 12.2. The summed E-state index contributed by atoms with van der Waals surface area (Å²) in [6.07, 6.45) is 0. The van der Waals surface area contributed by atoms with Crippen molar-refractivity contribution in [1.29, 1.82) is 5.26 Å². The van der Waals surface area contributed by atoms with Crippen LogP contribution >= 0.6 is 11.8 Å². The van der Waals surface area contributed by atoms with Crippen molar-refractivity contribution in [3.8, 4) is 6.07 Å². The molecular formula is C19H21N3OS. The van der Waals surface area contributed by atoms with Gasteiger partial charge in [0.05, 0.1) is 11.3 Å². The Kier molecular flexibility index (Phi) is 5.63. The summed E-state index contributed by atoms with van der Waals surface area (Å²) in [4.78, 5) is 16.6. The average molecular weight is 339 g/mol. The van der Waals surface area contributed by atoms with Crippen LogP contribution in [-0.4, -0.2) is 16.6 Å². The van der Waals surface area contributed by atoms with Gasteiger partial charge in [-0.1, -0.05) is 17.8 Å². The predicted octanol–water partition coefficient (Wildman–Crippen LogP) is 4.23. The Morgan fingerprint density at radius 2 is 1.88 bits per heavy atom. The number of rotatable bonds is 4. The predicted molar refractivity (Wildman–Crippen MR) is 98.4 cm³/mol. The zero-order valence-electron chi connectivity index (χ0n) is 14.7. The number of aryl methyl sites for hydroxylation is 3. The molecule has 0 saturated heterocycles. The fourth-order valence-corrected chi connectivity index (χ4v) is 3.18. The summed E-state index contributed by atoms with van der Waals surface area (Å²) in [6, 6.07) is 8.04. The Bertz CT molecular complexity index is 837. The molecule has 24 heavy (non-hydrogen) atoms. The van der Waals surface area contributed by atoms with E-state index in [4.69, 9.17) is 0 Å². The molecule has 4 nitrogen and oxygen atoms in total. The number of nitrogens with zero attached hydrogens (tertiary/aromatic N) is 2. The van der Waals surface area contributed by atoms with Crippen molar-refractivity contribution in [3.05, 3.63) is 51.7 Å². The second-order valence-electron chi connectivity index (χ2n) is 5.88. The van der Waals surface area contributed by atoms with Gasteiger partial charge < -0.3 is 5.32 Å². The molecule has 1 N–H and O–H groups in total. The number of hydrogen-bond donors (Lipinski definition) is 1. The van der Waals surface area contributed by atoms with Gasteiger partial charge in [0.2, 0.25) is 5.91 Å². The van der Waals surface area contributed by atoms with Gasteiger partial charge in [0, 0.05) is 11.4 Å². The van der Waals surface area contributed by atoms with E-state index in [-0.39, 0.29) is 11.7 Å². The first-order chi connectivity index (χ1) is 11.3. The van der Waals surface area contributed by atoms with Gasteiger partial charge >= 0.3 is 0 Å². The van der Waals surface area contributed by atoms with E-state index in [2.05, 4.69) is 16.4 Å². The van der Waals surface area contributed by atoms with E-state index >= 15 is 0 Å². The number of benzene rings is 1. The van der Waals surface area contributed by atoms with Gasteiger partial charge in [-0.25, -0.2) is 4.98 Å². The Balaban J connectivity index is 2.09. The van der Waals surface area contributed by atoms with Crippen molar-refractivity contribution >= 4 is 23.4 Å². The first-order valence-corrected chi connectivity index (χ1v) is 8.69. The van der Waals surface area contributed by atoms with Gasteiger partial charge in [-0.15, -0.1) is 0 Å². The third kappa shape index (κ3) is 3.95. The molecule has 5 heteroatoms. The highest BCUT2D eigenvalue weighted by molar-refractivity contribution is 8.00. The first kappa shape index (κ1) is 18.0. The van der Waals surface area contributed by atoms with Crippen LogP contribution in [0.15, 0.2) is 23.2 Å². The molecule has 2 aromatic rings. The zero-order chi connectivity index (χ0) is 17.9. The number of hydrogen-bond acceptors (Lipinski definition) is 4. The van der Waals surface area contributed by atoms with Crippen molar-refractivity contribution in [2.75, 3.05) is 11.1 Å². The topological polar surface area (TPSA) is 65.8 Å². The van der Waals surface area contributed by atoms with E-state index in [9.17, 15) is 10.1 Å². The highest BCUT2D eigenvalue weighted by Gasteiger charge is 2.14. The minimum Gasteiger partial charge on any atom is -0.325 e. The number of carbonyl (C=O) groups excluding carboxylic acids is 1. The SMILES string of the molecule is Cc1ccc(NC(=O)CSc2nc(C)c(C)c(C)c2C#N)cc1C. The summed E-state index contributed by atoms with van der Waals surface area (Å²) in [5.74, 6) is 0.112. The van der Waals surface area contributed by atoms with E-state index in [1.165, 1.54) is 17.3 Å². The number of thioether (sulfide) groups is 1. The van der Waals surface area contributed by atoms with Crippen molar-refractivity contribution < 1.29 is 4.79 Å². The van der Waals surface area contributed by atoms with Crippen LogP contribution in [0.3, 0.4) is 0 Å². The Labute approximate surface area is 147 Å². The number of aromatic nitrogens is 1. The van der Waals surface area contributed by atoms with Gasteiger partial charge in [-0.3, -0.25) is 4.79 Å². The zero-order valence-corrected chi connectivity index (χ0v) is 15.5. The van der Waals surface area contributed by atoms with Crippen molar-refractivity contribution in [2.45, 2.75) is 39.6 Å². The number of anilines is 1. The maximum Gasteiger partial charge on any atom is 0.234 e. The molecule has 0 aliphatic carbocycles. The van der Waals surface area contributed by atoms with E-state index < -0.39 is 0 Å². The van der Waals surface area contributed by atoms with Crippen LogP contribution in [0.2, 0.25) is 0 Å². The summed E-state index contributed by atoms with van der Waals surface area (Å²) >= 11 is 1.30. The third-order valence-corrected chi connectivity index (χ3v) is 5.18. The second-order valence-corrected chi connectivity index (χ2v) is 6.84. The molecule has 0 bridgehead atoms. The minimum atomic E-state index is -0.107. The molecule has 0 atom stereocenters. The fraction of sp³-hybridized carbons (Fsp3) is 0.316. The van der Waals surface area contributed by atoms with Gasteiger partial charge in [0.15, 0.2) is 0 Å². The number of carbonyl (C=O) groups is 1. The van der Waals surface area contributed by atoms with E-state index in [1.54, 1.807) is 0 Å². The average Bonchev–Trinajstić information content (AvgIpc) is 2.54. The van der Waals surface area contributed by atoms with Crippen LogP contribution in [-0.2, 0) is 4.79 Å². The Morgan fingerprint density at radius 1 is 1.17 bits per heavy atom. The molecule has 0 saturated carbocycles. The lowest BCUT2D eigenvalue weighted by Gasteiger charge is -2.11.